The first kappa shape index (κ1) is 17.3. The molecule has 1 atom stereocenters. The number of carbonyl (C=O) groups is 1. The zero-order valence-corrected chi connectivity index (χ0v) is 15.6. The largest absolute Gasteiger partial charge is 0.361 e. The van der Waals surface area contributed by atoms with Crippen LogP contribution in [0.25, 0.3) is 11.3 Å². The summed E-state index contributed by atoms with van der Waals surface area (Å²) in [5, 5.41) is 11.5. The molecule has 140 valence electrons. The molecule has 4 heterocycles. The van der Waals surface area contributed by atoms with Gasteiger partial charge in [-0.2, -0.15) is 5.10 Å². The fourth-order valence-electron chi connectivity index (χ4n) is 3.70. The predicted octanol–water partition coefficient (Wildman–Crippen LogP) is 3.46. The van der Waals surface area contributed by atoms with Crippen molar-refractivity contribution < 1.29 is 9.32 Å². The normalized spacial score (nSPS) is 16.7. The maximum Gasteiger partial charge on any atom is 0.323 e. The van der Waals surface area contributed by atoms with Crippen molar-refractivity contribution in [3.8, 4) is 11.3 Å². The van der Waals surface area contributed by atoms with Gasteiger partial charge in [0.05, 0.1) is 17.4 Å². The van der Waals surface area contributed by atoms with Gasteiger partial charge in [0.15, 0.2) is 0 Å². The Hall–Kier alpha value is -3.16. The van der Waals surface area contributed by atoms with E-state index >= 15 is 0 Å². The van der Waals surface area contributed by atoms with Crippen molar-refractivity contribution in [3.05, 3.63) is 47.6 Å². The lowest BCUT2D eigenvalue weighted by atomic mass is 10.0. The summed E-state index contributed by atoms with van der Waals surface area (Å²) >= 11 is 0. The number of anilines is 1. The minimum absolute atomic E-state index is 0.0118. The molecule has 3 aromatic heterocycles. The van der Waals surface area contributed by atoms with E-state index in [2.05, 4.69) is 20.6 Å². The third-order valence-corrected chi connectivity index (χ3v) is 5.01. The van der Waals surface area contributed by atoms with Crippen LogP contribution in [-0.2, 0) is 7.05 Å². The van der Waals surface area contributed by atoms with E-state index in [-0.39, 0.29) is 12.1 Å². The Morgan fingerprint density at radius 2 is 2.22 bits per heavy atom. The molecule has 0 bridgehead atoms. The molecule has 0 unspecified atom stereocenters. The predicted molar refractivity (Wildman–Crippen MR) is 100 cm³/mol. The number of urea groups is 1. The maximum atomic E-state index is 13.0. The van der Waals surface area contributed by atoms with Gasteiger partial charge < -0.3 is 9.42 Å². The quantitative estimate of drug-likeness (QED) is 0.767. The second-order valence-corrected chi connectivity index (χ2v) is 6.80. The summed E-state index contributed by atoms with van der Waals surface area (Å²) in [6.45, 7) is 4.51. The molecular formula is C19H22N6O2. The van der Waals surface area contributed by atoms with Gasteiger partial charge in [-0.1, -0.05) is 5.16 Å². The number of aromatic nitrogens is 4. The molecule has 0 aromatic carbocycles. The Morgan fingerprint density at radius 1 is 1.37 bits per heavy atom. The molecule has 1 fully saturated rings. The lowest BCUT2D eigenvalue weighted by Gasteiger charge is -2.25. The molecule has 8 nitrogen and oxygen atoms in total. The van der Waals surface area contributed by atoms with Crippen LogP contribution in [0.4, 0.5) is 10.6 Å². The van der Waals surface area contributed by atoms with Crippen LogP contribution in [0.15, 0.2) is 35.1 Å². The van der Waals surface area contributed by atoms with Gasteiger partial charge in [0, 0.05) is 43.2 Å². The molecule has 1 saturated heterocycles. The van der Waals surface area contributed by atoms with Crippen molar-refractivity contribution in [2.75, 3.05) is 11.9 Å². The molecule has 0 radical (unpaired) electrons. The topological polar surface area (TPSA) is 89.1 Å². The van der Waals surface area contributed by atoms with Crippen LogP contribution < -0.4 is 5.32 Å². The minimum Gasteiger partial charge on any atom is -0.361 e. The first-order valence-corrected chi connectivity index (χ1v) is 8.99. The number of nitrogens with zero attached hydrogens (tertiary/aromatic N) is 5. The number of amides is 2. The highest BCUT2D eigenvalue weighted by atomic mass is 16.5. The summed E-state index contributed by atoms with van der Waals surface area (Å²) < 4.78 is 6.96. The van der Waals surface area contributed by atoms with Gasteiger partial charge in [0.2, 0.25) is 0 Å². The van der Waals surface area contributed by atoms with Gasteiger partial charge in [0.1, 0.15) is 11.6 Å². The van der Waals surface area contributed by atoms with Crippen LogP contribution in [0.5, 0.6) is 0 Å². The number of hydrogen-bond donors (Lipinski definition) is 1. The SMILES string of the molecule is Cc1noc(C)c1[C@H]1CCCN1C(=O)Nc1cc(-c2cccnc2)nn1C. The fraction of sp³-hybridized carbons (Fsp3) is 0.368. The van der Waals surface area contributed by atoms with Crippen LogP contribution in [0.3, 0.4) is 0 Å². The van der Waals surface area contributed by atoms with E-state index in [4.69, 9.17) is 4.52 Å². The monoisotopic (exact) mass is 366 g/mol. The number of likely N-dealkylation sites (tertiary alicyclic amines) is 1. The van der Waals surface area contributed by atoms with Crippen molar-refractivity contribution in [2.24, 2.45) is 7.05 Å². The minimum atomic E-state index is -0.141. The molecule has 4 rings (SSSR count). The number of pyridine rings is 1. The van der Waals surface area contributed by atoms with E-state index in [0.717, 1.165) is 41.1 Å². The van der Waals surface area contributed by atoms with E-state index in [1.807, 2.05) is 44.0 Å². The smallest absolute Gasteiger partial charge is 0.323 e. The molecule has 0 spiro atoms. The number of hydrogen-bond acceptors (Lipinski definition) is 5. The van der Waals surface area contributed by atoms with Crippen molar-refractivity contribution in [3.63, 3.8) is 0 Å². The average molecular weight is 366 g/mol. The summed E-state index contributed by atoms with van der Waals surface area (Å²) in [5.41, 5.74) is 3.54. The summed E-state index contributed by atoms with van der Waals surface area (Å²) in [6.07, 6.45) is 5.33. The first-order valence-electron chi connectivity index (χ1n) is 8.99. The van der Waals surface area contributed by atoms with E-state index in [1.165, 1.54) is 0 Å². The highest BCUT2D eigenvalue weighted by Crippen LogP contribution is 2.36. The summed E-state index contributed by atoms with van der Waals surface area (Å²) in [4.78, 5) is 18.9. The number of rotatable bonds is 3. The molecule has 3 aromatic rings. The molecule has 1 aliphatic rings. The Kier molecular flexibility index (Phi) is 4.39. The Labute approximate surface area is 157 Å². The van der Waals surface area contributed by atoms with Crippen LogP contribution in [0, 0.1) is 13.8 Å². The standard InChI is InChI=1S/C19H22N6O2/c1-12-18(13(2)27-23-12)16-7-5-9-25(16)19(26)21-17-10-15(22-24(17)3)14-6-4-8-20-11-14/h4,6,8,10-11,16H,5,7,9H2,1-3H3,(H,21,26)/t16-/m1/s1. The van der Waals surface area contributed by atoms with Crippen LogP contribution in [0.1, 0.15) is 35.9 Å². The molecule has 2 amide bonds. The van der Waals surface area contributed by atoms with Crippen LogP contribution in [0.2, 0.25) is 0 Å². The third-order valence-electron chi connectivity index (χ3n) is 5.01. The van der Waals surface area contributed by atoms with Crippen molar-refractivity contribution in [1.82, 2.24) is 24.8 Å². The zero-order chi connectivity index (χ0) is 19.0. The zero-order valence-electron chi connectivity index (χ0n) is 15.6. The van der Waals surface area contributed by atoms with Crippen molar-refractivity contribution in [2.45, 2.75) is 32.7 Å². The van der Waals surface area contributed by atoms with E-state index < -0.39 is 0 Å². The van der Waals surface area contributed by atoms with Gasteiger partial charge in [-0.15, -0.1) is 0 Å². The summed E-state index contributed by atoms with van der Waals surface area (Å²) in [7, 11) is 1.81. The number of nitrogens with one attached hydrogen (secondary N) is 1. The summed E-state index contributed by atoms with van der Waals surface area (Å²) in [6, 6.07) is 5.51. The molecule has 0 saturated carbocycles. The molecular weight excluding hydrogens is 344 g/mol. The van der Waals surface area contributed by atoms with Crippen LogP contribution >= 0.6 is 0 Å². The second-order valence-electron chi connectivity index (χ2n) is 6.80. The van der Waals surface area contributed by atoms with Gasteiger partial charge in [-0.25, -0.2) is 4.79 Å². The molecule has 8 heteroatoms. The lowest BCUT2D eigenvalue weighted by Crippen LogP contribution is -2.35. The van der Waals surface area contributed by atoms with Gasteiger partial charge in [-0.3, -0.25) is 15.0 Å². The van der Waals surface area contributed by atoms with Gasteiger partial charge in [-0.05, 0) is 38.8 Å². The molecule has 27 heavy (non-hydrogen) atoms. The third kappa shape index (κ3) is 3.18. The number of carbonyl (C=O) groups excluding carboxylic acids is 1. The van der Waals surface area contributed by atoms with Crippen molar-refractivity contribution >= 4 is 11.8 Å². The lowest BCUT2D eigenvalue weighted by molar-refractivity contribution is 0.206. The molecule has 1 aliphatic heterocycles. The highest BCUT2D eigenvalue weighted by molar-refractivity contribution is 5.89. The van der Waals surface area contributed by atoms with Crippen molar-refractivity contribution in [1.29, 1.82) is 0 Å². The van der Waals surface area contributed by atoms with E-state index in [0.29, 0.717) is 12.4 Å². The second kappa shape index (κ2) is 6.86. The Balaban J connectivity index is 1.55. The molecule has 0 aliphatic carbocycles. The fourth-order valence-corrected chi connectivity index (χ4v) is 3.70. The van der Waals surface area contributed by atoms with E-state index in [9.17, 15) is 4.79 Å². The van der Waals surface area contributed by atoms with Gasteiger partial charge in [0.25, 0.3) is 0 Å². The Morgan fingerprint density at radius 3 is 2.93 bits per heavy atom. The molecule has 1 N–H and O–H groups in total. The number of aryl methyl sites for hydroxylation is 3. The van der Waals surface area contributed by atoms with E-state index in [1.54, 1.807) is 17.1 Å². The highest BCUT2D eigenvalue weighted by Gasteiger charge is 2.34. The van der Waals surface area contributed by atoms with Crippen LogP contribution in [-0.4, -0.2) is 37.4 Å². The summed E-state index contributed by atoms with van der Waals surface area (Å²) in [5.74, 6) is 1.42. The maximum absolute atomic E-state index is 13.0. The first-order chi connectivity index (χ1) is 13.0. The Bertz CT molecular complexity index is 942. The average Bonchev–Trinajstić information content (AvgIpc) is 3.36. The van der Waals surface area contributed by atoms with Gasteiger partial charge >= 0.3 is 6.03 Å².